The van der Waals surface area contributed by atoms with Gasteiger partial charge in [0.25, 0.3) is 0 Å². The molecule has 2 aliphatic heterocycles. The van der Waals surface area contributed by atoms with Crippen LogP contribution in [0.5, 0.6) is 0 Å². The molecule has 0 radical (unpaired) electrons. The number of amides is 4. The summed E-state index contributed by atoms with van der Waals surface area (Å²) in [7, 11) is 0. The highest BCUT2D eigenvalue weighted by atomic mass is 19.4. The number of alkyl halides is 3. The van der Waals surface area contributed by atoms with Crippen molar-refractivity contribution in [3.8, 4) is 0 Å². The van der Waals surface area contributed by atoms with Crippen molar-refractivity contribution in [2.75, 3.05) is 39.3 Å². The highest BCUT2D eigenvalue weighted by Crippen LogP contribution is 2.36. The first kappa shape index (κ1) is 44.7. The number of nitrogens with zero attached hydrogens (tertiary/aromatic N) is 2. The molecule has 2 fully saturated rings. The maximum absolute atomic E-state index is 14.6. The number of carboxylic acid groups (broad SMARTS) is 1. The minimum absolute atomic E-state index is 0.0346. The number of carbonyl (C=O) groups is 5. The van der Waals surface area contributed by atoms with Gasteiger partial charge in [-0.15, -0.1) is 0 Å². The number of likely N-dealkylation sites (tertiary alicyclic amines) is 2. The number of quaternary nitrogens is 1. The number of nitrogens with one attached hydrogen (secondary N) is 2. The molecule has 0 unspecified atom stereocenters. The number of hydrogen-bond donors (Lipinski definition) is 3. The fourth-order valence-corrected chi connectivity index (χ4v) is 7.68. The van der Waals surface area contributed by atoms with Gasteiger partial charge in [-0.2, -0.15) is 13.2 Å². The van der Waals surface area contributed by atoms with Crippen LogP contribution >= 0.6 is 0 Å². The summed E-state index contributed by atoms with van der Waals surface area (Å²) >= 11 is 0. The van der Waals surface area contributed by atoms with Crippen LogP contribution in [0, 0.1) is 10.8 Å². The van der Waals surface area contributed by atoms with Gasteiger partial charge in [-0.25, -0.2) is 0 Å². The fourth-order valence-electron chi connectivity index (χ4n) is 7.68. The Labute approximate surface area is 332 Å². The maximum atomic E-state index is 14.6. The van der Waals surface area contributed by atoms with E-state index in [0.717, 1.165) is 47.7 Å². The molecule has 2 atom stereocenters. The number of hydrogen-bond acceptors (Lipinski definition) is 6. The molecule has 310 valence electrons. The van der Waals surface area contributed by atoms with Crippen LogP contribution in [0.4, 0.5) is 13.2 Å². The molecule has 5 N–H and O–H groups in total. The first-order valence-corrected chi connectivity index (χ1v) is 19.9. The molecule has 5 rings (SSSR count). The van der Waals surface area contributed by atoms with Gasteiger partial charge in [0.1, 0.15) is 12.0 Å². The van der Waals surface area contributed by atoms with Crippen LogP contribution in [0.15, 0.2) is 72.8 Å². The standard InChI is InChI=1S/C41H55N5O4.C2HF3O2/c1-3-43-39(50)41(29-31-13-6-4-7-14-31)20-12-24-46(30-41)37(48)35(28-32-18-19-33-15-9-10-16-34(33)27-32)44-38(49)40(2)21-25-45(26-22-40)36(47)17-8-5-11-23-42;3-2(4,5)1(6)7/h4,6-7,9-10,13-16,18-19,27,35H,3,5,8,11-12,17,20-26,28-30,42H2,1-2H3,(H,43,50)(H,44,49);(H,6,7)/t35-,41+;/m1./s1. The molecule has 0 aromatic heterocycles. The van der Waals surface area contributed by atoms with Crippen molar-refractivity contribution in [3.05, 3.63) is 83.9 Å². The Balaban J connectivity index is 0.000000940. The van der Waals surface area contributed by atoms with Crippen LogP contribution in [0.2, 0.25) is 0 Å². The Hall–Kier alpha value is -4.98. The molecule has 11 nitrogen and oxygen atoms in total. The molecule has 57 heavy (non-hydrogen) atoms. The molecule has 3 aromatic rings. The number of halogens is 3. The van der Waals surface area contributed by atoms with E-state index in [1.807, 2.05) is 72.2 Å². The third-order valence-electron chi connectivity index (χ3n) is 11.1. The molecule has 14 heteroatoms. The summed E-state index contributed by atoms with van der Waals surface area (Å²) in [5, 5.41) is 17.2. The van der Waals surface area contributed by atoms with Gasteiger partial charge in [-0.3, -0.25) is 19.2 Å². The lowest BCUT2D eigenvalue weighted by Gasteiger charge is -2.43. The third kappa shape index (κ3) is 12.5. The Morgan fingerprint density at radius 3 is 2.11 bits per heavy atom. The van der Waals surface area contributed by atoms with Gasteiger partial charge in [0.05, 0.1) is 12.0 Å². The van der Waals surface area contributed by atoms with E-state index in [-0.39, 0.29) is 23.6 Å². The first-order chi connectivity index (χ1) is 27.1. The van der Waals surface area contributed by atoms with Crippen molar-refractivity contribution in [2.45, 2.75) is 90.3 Å². The predicted molar refractivity (Wildman–Crippen MR) is 208 cm³/mol. The monoisotopic (exact) mass is 795 g/mol. The number of rotatable bonds is 14. The fraction of sp³-hybridized carbons (Fsp3) is 0.512. The number of benzene rings is 3. The highest BCUT2D eigenvalue weighted by Gasteiger charge is 2.45. The molecule has 0 bridgehead atoms. The van der Waals surface area contributed by atoms with Crippen molar-refractivity contribution >= 4 is 40.4 Å². The molecule has 0 spiro atoms. The molecule has 0 saturated carbocycles. The predicted octanol–water partition coefficient (Wildman–Crippen LogP) is 3.58. The van der Waals surface area contributed by atoms with Gasteiger partial charge in [0.2, 0.25) is 23.6 Å². The van der Waals surface area contributed by atoms with Gasteiger partial charge in [-0.05, 0) is 80.2 Å². The minimum Gasteiger partial charge on any atom is -0.542 e. The summed E-state index contributed by atoms with van der Waals surface area (Å²) < 4.78 is 31.5. The van der Waals surface area contributed by atoms with Crippen LogP contribution in [-0.2, 0) is 36.8 Å². The van der Waals surface area contributed by atoms with E-state index >= 15 is 0 Å². The van der Waals surface area contributed by atoms with E-state index < -0.39 is 29.0 Å². The van der Waals surface area contributed by atoms with E-state index in [2.05, 4.69) is 40.6 Å². The van der Waals surface area contributed by atoms with Crippen molar-refractivity contribution in [1.82, 2.24) is 20.4 Å². The Bertz CT molecular complexity index is 1830. The molecule has 0 aliphatic carbocycles. The van der Waals surface area contributed by atoms with Crippen molar-refractivity contribution in [2.24, 2.45) is 10.8 Å². The van der Waals surface area contributed by atoms with E-state index in [0.29, 0.717) is 77.7 Å². The second kappa shape index (κ2) is 20.4. The summed E-state index contributed by atoms with van der Waals surface area (Å²) in [4.78, 5) is 67.8. The normalized spacial score (nSPS) is 18.5. The molecular weight excluding hydrogens is 739 g/mol. The molecule has 4 amide bonds. The van der Waals surface area contributed by atoms with Crippen molar-refractivity contribution < 1.29 is 48.0 Å². The van der Waals surface area contributed by atoms with Crippen LogP contribution in [0.1, 0.15) is 76.3 Å². The SMILES string of the molecule is CCNC(=O)[C@]1(Cc2ccccc2)CCCN(C(=O)[C@@H](Cc2ccc3ccccc3c2)NC(=O)C2(C)CCN(C(=O)CCCCC[NH3+])CC2)C1.O=C([O-])C(F)(F)F. The molecule has 2 heterocycles. The smallest absolute Gasteiger partial charge is 0.430 e. The number of aliphatic carboxylic acids is 1. The zero-order valence-corrected chi connectivity index (χ0v) is 33.0. The highest BCUT2D eigenvalue weighted by molar-refractivity contribution is 5.92. The van der Waals surface area contributed by atoms with Crippen LogP contribution in [-0.4, -0.2) is 90.9 Å². The first-order valence-electron chi connectivity index (χ1n) is 19.9. The van der Waals surface area contributed by atoms with E-state index in [1.54, 1.807) is 0 Å². The lowest BCUT2D eigenvalue weighted by Crippen LogP contribution is -2.59. The van der Waals surface area contributed by atoms with Crippen molar-refractivity contribution in [3.63, 3.8) is 0 Å². The van der Waals surface area contributed by atoms with E-state index in [4.69, 9.17) is 9.90 Å². The summed E-state index contributed by atoms with van der Waals surface area (Å²) in [6, 6.07) is 23.5. The number of fused-ring (bicyclic) bond motifs is 1. The Morgan fingerprint density at radius 2 is 1.47 bits per heavy atom. The largest absolute Gasteiger partial charge is 0.542 e. The van der Waals surface area contributed by atoms with Crippen LogP contribution < -0.4 is 21.5 Å². The second-order valence-corrected chi connectivity index (χ2v) is 15.5. The van der Waals surface area contributed by atoms with Gasteiger partial charge in [0, 0.05) is 51.0 Å². The molecule has 2 aliphatic rings. The van der Waals surface area contributed by atoms with Crippen molar-refractivity contribution in [1.29, 1.82) is 0 Å². The zero-order valence-electron chi connectivity index (χ0n) is 33.0. The number of carboxylic acids is 1. The maximum Gasteiger partial charge on any atom is 0.430 e. The van der Waals surface area contributed by atoms with Gasteiger partial charge in [-0.1, -0.05) is 79.7 Å². The minimum atomic E-state index is -5.19. The van der Waals surface area contributed by atoms with E-state index in [9.17, 15) is 32.3 Å². The van der Waals surface area contributed by atoms with Crippen LogP contribution in [0.25, 0.3) is 10.8 Å². The molecule has 3 aromatic carbocycles. The van der Waals surface area contributed by atoms with Gasteiger partial charge in [0.15, 0.2) is 0 Å². The topological polar surface area (TPSA) is 167 Å². The number of unbranched alkanes of at least 4 members (excludes halogenated alkanes) is 2. The summed E-state index contributed by atoms with van der Waals surface area (Å²) in [5.74, 6) is -3.21. The number of carbonyl (C=O) groups excluding carboxylic acids is 5. The van der Waals surface area contributed by atoms with Gasteiger partial charge < -0.3 is 36.1 Å². The average molecular weight is 796 g/mol. The summed E-state index contributed by atoms with van der Waals surface area (Å²) in [5.41, 5.74) is 4.44. The summed E-state index contributed by atoms with van der Waals surface area (Å²) in [6.45, 7) is 7.16. The van der Waals surface area contributed by atoms with E-state index in [1.165, 1.54) is 0 Å². The second-order valence-electron chi connectivity index (χ2n) is 15.5. The molecular formula is C43H56F3N5O6. The number of piperidine rings is 2. The lowest BCUT2D eigenvalue weighted by atomic mass is 9.74. The summed E-state index contributed by atoms with van der Waals surface area (Å²) in [6.07, 6.45) is 1.58. The zero-order chi connectivity index (χ0) is 41.6. The third-order valence-corrected chi connectivity index (χ3v) is 11.1. The van der Waals surface area contributed by atoms with Gasteiger partial charge >= 0.3 is 6.18 Å². The quantitative estimate of drug-likeness (QED) is 0.211. The Kier molecular flexibility index (Phi) is 16.0. The lowest BCUT2D eigenvalue weighted by molar-refractivity contribution is -0.368. The average Bonchev–Trinajstić information content (AvgIpc) is 3.19. The Morgan fingerprint density at radius 1 is 0.825 bits per heavy atom. The molecule has 2 saturated heterocycles. The van der Waals surface area contributed by atoms with Crippen LogP contribution in [0.3, 0.4) is 0 Å².